The van der Waals surface area contributed by atoms with Crippen molar-refractivity contribution in [1.82, 2.24) is 20.4 Å². The Morgan fingerprint density at radius 1 is 1.08 bits per heavy atom. The average molecular weight is 583 g/mol. The second-order valence-electron chi connectivity index (χ2n) is 9.98. The van der Waals surface area contributed by atoms with Crippen molar-refractivity contribution >= 4 is 45.7 Å². The van der Waals surface area contributed by atoms with Crippen LogP contribution in [0, 0.1) is 5.92 Å². The van der Waals surface area contributed by atoms with Gasteiger partial charge in [-0.25, -0.2) is 9.59 Å². The maximum Gasteiger partial charge on any atom is 0.410 e. The molecule has 1 fully saturated rings. The third-order valence-corrected chi connectivity index (χ3v) is 6.13. The van der Waals surface area contributed by atoms with E-state index in [1.807, 2.05) is 0 Å². The fraction of sp³-hybridized carbons (Fsp3) is 0.560. The lowest BCUT2D eigenvalue weighted by molar-refractivity contribution is -0.146. The monoisotopic (exact) mass is 582 g/mol. The average Bonchev–Trinajstić information content (AvgIpc) is 2.83. The standard InChI is InChI=1S/C25H35BrN4O7/c1-15(2)20(28-23(34)36-6)22(33)30-12-11-29(24(35)37-25(3,4)5)14-18(30)21(32)27-13-19(31)16-7-9-17(26)10-8-16/h7-10,15,18,20H,11-14H2,1-6H3,(H,27,32)(H,28,34)/t18-,20-/m0/s1. The minimum absolute atomic E-state index is 0.0306. The SMILES string of the molecule is COC(=O)N[C@H](C(=O)N1CCN(C(=O)OC(C)(C)C)C[C@H]1C(=O)NCC(=O)c1ccc(Br)cc1)C(C)C. The zero-order valence-electron chi connectivity index (χ0n) is 22.0. The molecule has 204 valence electrons. The molecule has 2 N–H and O–H groups in total. The number of halogens is 1. The summed E-state index contributed by atoms with van der Waals surface area (Å²) in [6, 6.07) is 4.63. The largest absolute Gasteiger partial charge is 0.453 e. The van der Waals surface area contributed by atoms with Gasteiger partial charge in [0.15, 0.2) is 5.78 Å². The van der Waals surface area contributed by atoms with Crippen molar-refractivity contribution in [3.8, 4) is 0 Å². The summed E-state index contributed by atoms with van der Waals surface area (Å²) >= 11 is 3.31. The number of nitrogens with zero attached hydrogens (tertiary/aromatic N) is 2. The minimum atomic E-state index is -1.10. The van der Waals surface area contributed by atoms with Gasteiger partial charge in [0, 0.05) is 23.1 Å². The van der Waals surface area contributed by atoms with E-state index in [9.17, 15) is 24.0 Å². The summed E-state index contributed by atoms with van der Waals surface area (Å²) in [4.78, 5) is 66.5. The third kappa shape index (κ3) is 8.73. The minimum Gasteiger partial charge on any atom is -0.453 e. The molecule has 0 spiro atoms. The van der Waals surface area contributed by atoms with Crippen LogP contribution in [0.25, 0.3) is 0 Å². The van der Waals surface area contributed by atoms with Crippen LogP contribution in [0.15, 0.2) is 28.7 Å². The van der Waals surface area contributed by atoms with Crippen LogP contribution in [-0.2, 0) is 19.1 Å². The first-order chi connectivity index (χ1) is 17.2. The van der Waals surface area contributed by atoms with Gasteiger partial charge in [-0.1, -0.05) is 41.9 Å². The number of nitrogens with one attached hydrogen (secondary N) is 2. The van der Waals surface area contributed by atoms with E-state index in [0.29, 0.717) is 5.56 Å². The van der Waals surface area contributed by atoms with Crippen LogP contribution in [0.1, 0.15) is 45.0 Å². The van der Waals surface area contributed by atoms with E-state index < -0.39 is 41.7 Å². The predicted molar refractivity (Wildman–Crippen MR) is 139 cm³/mol. The van der Waals surface area contributed by atoms with Crippen molar-refractivity contribution in [1.29, 1.82) is 0 Å². The molecule has 2 atom stereocenters. The summed E-state index contributed by atoms with van der Waals surface area (Å²) in [7, 11) is 1.19. The molecule has 0 bridgehead atoms. The summed E-state index contributed by atoms with van der Waals surface area (Å²) in [5, 5.41) is 5.11. The van der Waals surface area contributed by atoms with Gasteiger partial charge in [0.2, 0.25) is 11.8 Å². The quantitative estimate of drug-likeness (QED) is 0.472. The number of benzene rings is 1. The molecule has 1 saturated heterocycles. The summed E-state index contributed by atoms with van der Waals surface area (Å²) in [6.45, 7) is 8.43. The molecule has 4 amide bonds. The Morgan fingerprint density at radius 3 is 2.24 bits per heavy atom. The van der Waals surface area contributed by atoms with Crippen molar-refractivity contribution in [2.45, 2.75) is 52.3 Å². The number of carbonyl (C=O) groups excluding carboxylic acids is 5. The van der Waals surface area contributed by atoms with Gasteiger partial charge in [-0.15, -0.1) is 0 Å². The Balaban J connectivity index is 2.24. The topological polar surface area (TPSA) is 134 Å². The number of Topliss-reactive ketones (excluding diaryl/α,β-unsaturated/α-hetero) is 1. The molecule has 1 aromatic carbocycles. The van der Waals surface area contributed by atoms with Crippen LogP contribution in [-0.4, -0.2) is 90.6 Å². The highest BCUT2D eigenvalue weighted by molar-refractivity contribution is 9.10. The number of ether oxygens (including phenoxy) is 2. The fourth-order valence-electron chi connectivity index (χ4n) is 3.66. The summed E-state index contributed by atoms with van der Waals surface area (Å²) in [5.74, 6) is -1.72. The van der Waals surface area contributed by atoms with Crippen molar-refractivity contribution in [2.24, 2.45) is 5.92 Å². The molecule has 1 aliphatic rings. The molecule has 0 saturated carbocycles. The number of rotatable bonds is 7. The summed E-state index contributed by atoms with van der Waals surface area (Å²) in [5.41, 5.74) is -0.330. The van der Waals surface area contributed by atoms with Crippen LogP contribution in [0.2, 0.25) is 0 Å². The Morgan fingerprint density at radius 2 is 1.70 bits per heavy atom. The van der Waals surface area contributed by atoms with Crippen molar-refractivity contribution in [3.05, 3.63) is 34.3 Å². The molecule has 12 heteroatoms. The van der Waals surface area contributed by atoms with Gasteiger partial charge in [0.25, 0.3) is 0 Å². The molecule has 37 heavy (non-hydrogen) atoms. The Kier molecular flexibility index (Phi) is 10.5. The number of carbonyl (C=O) groups is 5. The maximum atomic E-state index is 13.5. The molecule has 11 nitrogen and oxygen atoms in total. The molecule has 2 rings (SSSR count). The molecule has 0 radical (unpaired) electrons. The van der Waals surface area contributed by atoms with E-state index in [1.165, 1.54) is 16.9 Å². The number of amides is 4. The Hall–Kier alpha value is -3.15. The normalized spacial score (nSPS) is 16.6. The number of methoxy groups -OCH3 is 1. The lowest BCUT2D eigenvalue weighted by atomic mass is 10.0. The van der Waals surface area contributed by atoms with E-state index in [-0.39, 0.29) is 37.9 Å². The van der Waals surface area contributed by atoms with Crippen LogP contribution in [0.5, 0.6) is 0 Å². The lowest BCUT2D eigenvalue weighted by Gasteiger charge is -2.42. The van der Waals surface area contributed by atoms with Crippen molar-refractivity contribution < 1.29 is 33.4 Å². The van der Waals surface area contributed by atoms with Crippen LogP contribution in [0.3, 0.4) is 0 Å². The molecular formula is C25H35BrN4O7. The van der Waals surface area contributed by atoms with E-state index in [4.69, 9.17) is 4.74 Å². The highest BCUT2D eigenvalue weighted by Gasteiger charge is 2.41. The number of ketones is 1. The van der Waals surface area contributed by atoms with Crippen LogP contribution < -0.4 is 10.6 Å². The predicted octanol–water partition coefficient (Wildman–Crippen LogP) is 2.58. The maximum absolute atomic E-state index is 13.5. The van der Waals surface area contributed by atoms with Gasteiger partial charge in [-0.3, -0.25) is 14.4 Å². The zero-order valence-corrected chi connectivity index (χ0v) is 23.6. The second-order valence-corrected chi connectivity index (χ2v) is 10.9. The number of hydrogen-bond acceptors (Lipinski definition) is 7. The fourth-order valence-corrected chi connectivity index (χ4v) is 3.93. The molecule has 1 heterocycles. The molecule has 0 aromatic heterocycles. The zero-order chi connectivity index (χ0) is 27.9. The summed E-state index contributed by atoms with van der Waals surface area (Å²) < 4.78 is 10.9. The van der Waals surface area contributed by atoms with E-state index in [2.05, 4.69) is 31.3 Å². The van der Waals surface area contributed by atoms with Gasteiger partial charge in [0.1, 0.15) is 17.7 Å². The highest BCUT2D eigenvalue weighted by atomic mass is 79.9. The van der Waals surface area contributed by atoms with Crippen molar-refractivity contribution in [2.75, 3.05) is 33.3 Å². The number of alkyl carbamates (subject to hydrolysis) is 1. The highest BCUT2D eigenvalue weighted by Crippen LogP contribution is 2.18. The first kappa shape index (κ1) is 30.1. The number of hydrogen-bond donors (Lipinski definition) is 2. The molecule has 1 aliphatic heterocycles. The number of piperazine rings is 1. The Bertz CT molecular complexity index is 1010. The van der Waals surface area contributed by atoms with Crippen LogP contribution in [0.4, 0.5) is 9.59 Å². The van der Waals surface area contributed by atoms with Crippen LogP contribution >= 0.6 is 15.9 Å². The molecule has 0 aliphatic carbocycles. The molecule has 0 unspecified atom stereocenters. The van der Waals surface area contributed by atoms with Gasteiger partial charge >= 0.3 is 12.2 Å². The van der Waals surface area contributed by atoms with Gasteiger partial charge in [0.05, 0.1) is 20.2 Å². The van der Waals surface area contributed by atoms with Gasteiger partial charge in [-0.2, -0.15) is 0 Å². The first-order valence-corrected chi connectivity index (χ1v) is 12.7. The first-order valence-electron chi connectivity index (χ1n) is 11.9. The second kappa shape index (κ2) is 12.9. The van der Waals surface area contributed by atoms with E-state index in [0.717, 1.165) is 4.47 Å². The molecular weight excluding hydrogens is 548 g/mol. The van der Waals surface area contributed by atoms with Gasteiger partial charge in [-0.05, 0) is 38.8 Å². The Labute approximate surface area is 225 Å². The van der Waals surface area contributed by atoms with Gasteiger partial charge < -0.3 is 29.9 Å². The smallest absolute Gasteiger partial charge is 0.410 e. The van der Waals surface area contributed by atoms with Crippen molar-refractivity contribution in [3.63, 3.8) is 0 Å². The lowest BCUT2D eigenvalue weighted by Crippen LogP contribution is -2.65. The third-order valence-electron chi connectivity index (χ3n) is 5.60. The van der Waals surface area contributed by atoms with E-state index >= 15 is 0 Å². The molecule has 1 aromatic rings. The summed E-state index contributed by atoms with van der Waals surface area (Å²) in [6.07, 6.45) is -1.39. The van der Waals surface area contributed by atoms with E-state index in [1.54, 1.807) is 58.9 Å².